The van der Waals surface area contributed by atoms with Gasteiger partial charge in [0.1, 0.15) is 0 Å². The summed E-state index contributed by atoms with van der Waals surface area (Å²) in [7, 11) is 4.31. The first kappa shape index (κ1) is 14.3. The number of piperazine rings is 1. The first-order valence-corrected chi connectivity index (χ1v) is 7.57. The minimum Gasteiger partial charge on any atom is -0.314 e. The van der Waals surface area contributed by atoms with E-state index in [1.165, 1.54) is 71.6 Å². The van der Waals surface area contributed by atoms with E-state index in [0.717, 1.165) is 6.04 Å². The summed E-state index contributed by atoms with van der Waals surface area (Å²) in [5.41, 5.74) is 0. The molecule has 4 heteroatoms. The molecule has 1 N–H and O–H groups in total. The summed E-state index contributed by atoms with van der Waals surface area (Å²) in [6, 6.07) is 0.868. The monoisotopic (exact) mass is 254 g/mol. The Morgan fingerprint density at radius 1 is 1.00 bits per heavy atom. The number of rotatable bonds is 8. The Hall–Kier alpha value is -0.160. The molecule has 18 heavy (non-hydrogen) atoms. The van der Waals surface area contributed by atoms with Gasteiger partial charge in [-0.2, -0.15) is 0 Å². The molecule has 0 aromatic heterocycles. The van der Waals surface area contributed by atoms with Gasteiger partial charge in [0.25, 0.3) is 0 Å². The highest BCUT2D eigenvalue weighted by Crippen LogP contribution is 2.18. The lowest BCUT2D eigenvalue weighted by atomic mass is 10.3. The van der Waals surface area contributed by atoms with E-state index in [9.17, 15) is 0 Å². The maximum Gasteiger partial charge on any atom is 0.0110 e. The van der Waals surface area contributed by atoms with Crippen LogP contribution in [0.1, 0.15) is 19.3 Å². The first-order valence-electron chi connectivity index (χ1n) is 7.57. The molecule has 0 aromatic carbocycles. The zero-order valence-electron chi connectivity index (χ0n) is 12.2. The van der Waals surface area contributed by atoms with Crippen LogP contribution in [0.3, 0.4) is 0 Å². The van der Waals surface area contributed by atoms with Crippen LogP contribution in [0.2, 0.25) is 0 Å². The van der Waals surface area contributed by atoms with E-state index in [0.29, 0.717) is 0 Å². The molecule has 106 valence electrons. The highest BCUT2D eigenvalue weighted by molar-refractivity contribution is 4.81. The van der Waals surface area contributed by atoms with Crippen LogP contribution in [0.4, 0.5) is 0 Å². The largest absolute Gasteiger partial charge is 0.314 e. The van der Waals surface area contributed by atoms with E-state index >= 15 is 0 Å². The third kappa shape index (κ3) is 5.65. The van der Waals surface area contributed by atoms with Crippen molar-refractivity contribution in [3.8, 4) is 0 Å². The molecule has 2 rings (SSSR count). The Morgan fingerprint density at radius 2 is 1.61 bits per heavy atom. The van der Waals surface area contributed by atoms with Gasteiger partial charge in [-0.15, -0.1) is 0 Å². The van der Waals surface area contributed by atoms with Crippen molar-refractivity contribution in [2.24, 2.45) is 0 Å². The lowest BCUT2D eigenvalue weighted by molar-refractivity contribution is 0.124. The fraction of sp³-hybridized carbons (Fsp3) is 1.00. The van der Waals surface area contributed by atoms with Gasteiger partial charge in [0, 0.05) is 45.3 Å². The second-order valence-electron chi connectivity index (χ2n) is 6.07. The molecule has 4 nitrogen and oxygen atoms in total. The van der Waals surface area contributed by atoms with E-state index in [2.05, 4.69) is 34.1 Å². The third-order valence-electron chi connectivity index (χ3n) is 3.99. The van der Waals surface area contributed by atoms with Crippen molar-refractivity contribution in [2.45, 2.75) is 25.3 Å². The maximum absolute atomic E-state index is 3.60. The van der Waals surface area contributed by atoms with Crippen molar-refractivity contribution in [1.82, 2.24) is 20.0 Å². The van der Waals surface area contributed by atoms with Crippen LogP contribution in [-0.4, -0.2) is 87.2 Å². The number of hydrogen-bond donors (Lipinski definition) is 1. The lowest BCUT2D eigenvalue weighted by Gasteiger charge is -2.35. The van der Waals surface area contributed by atoms with Crippen molar-refractivity contribution >= 4 is 0 Å². The fourth-order valence-corrected chi connectivity index (χ4v) is 2.47. The van der Waals surface area contributed by atoms with Gasteiger partial charge in [-0.05, 0) is 46.4 Å². The quantitative estimate of drug-likeness (QED) is 0.629. The van der Waals surface area contributed by atoms with Gasteiger partial charge in [0.2, 0.25) is 0 Å². The first-order chi connectivity index (χ1) is 8.74. The summed E-state index contributed by atoms with van der Waals surface area (Å²) in [5.74, 6) is 0. The Morgan fingerprint density at radius 3 is 2.17 bits per heavy atom. The summed E-state index contributed by atoms with van der Waals surface area (Å²) in [6.45, 7) is 9.93. The van der Waals surface area contributed by atoms with Gasteiger partial charge in [-0.25, -0.2) is 0 Å². The summed E-state index contributed by atoms with van der Waals surface area (Å²) in [4.78, 5) is 7.50. The molecule has 0 radical (unpaired) electrons. The van der Waals surface area contributed by atoms with Crippen molar-refractivity contribution in [3.05, 3.63) is 0 Å². The average molecular weight is 254 g/mol. The Bertz CT molecular complexity index is 220. The standard InChI is InChI=1S/C14H30N4/c1-16(2)8-9-18-12-10-17(11-13-18)7-3-6-15-14-4-5-14/h14-15H,3-13H2,1-2H3. The van der Waals surface area contributed by atoms with Crippen LogP contribution < -0.4 is 5.32 Å². The molecule has 1 aliphatic carbocycles. The molecule has 0 spiro atoms. The van der Waals surface area contributed by atoms with Crippen LogP contribution in [0, 0.1) is 0 Å². The Balaban J connectivity index is 1.47. The summed E-state index contributed by atoms with van der Waals surface area (Å²) < 4.78 is 0. The smallest absolute Gasteiger partial charge is 0.0110 e. The van der Waals surface area contributed by atoms with Crippen molar-refractivity contribution in [1.29, 1.82) is 0 Å². The minimum atomic E-state index is 0.868. The van der Waals surface area contributed by atoms with Gasteiger partial charge in [-0.1, -0.05) is 0 Å². The molecule has 1 saturated carbocycles. The molecular weight excluding hydrogens is 224 g/mol. The van der Waals surface area contributed by atoms with Gasteiger partial charge >= 0.3 is 0 Å². The Kier molecular flexibility index (Phi) is 5.89. The topological polar surface area (TPSA) is 21.8 Å². The van der Waals surface area contributed by atoms with E-state index < -0.39 is 0 Å². The van der Waals surface area contributed by atoms with Crippen LogP contribution in [-0.2, 0) is 0 Å². The summed E-state index contributed by atoms with van der Waals surface area (Å²) >= 11 is 0. The number of hydrogen-bond acceptors (Lipinski definition) is 4. The average Bonchev–Trinajstić information content (AvgIpc) is 3.17. The SMILES string of the molecule is CN(C)CCN1CCN(CCCNC2CC2)CC1. The highest BCUT2D eigenvalue weighted by atomic mass is 15.3. The summed E-state index contributed by atoms with van der Waals surface area (Å²) in [5, 5.41) is 3.60. The van der Waals surface area contributed by atoms with Gasteiger partial charge in [0.15, 0.2) is 0 Å². The van der Waals surface area contributed by atoms with Gasteiger partial charge in [0.05, 0.1) is 0 Å². The van der Waals surface area contributed by atoms with E-state index in [4.69, 9.17) is 0 Å². The molecule has 0 unspecified atom stereocenters. The van der Waals surface area contributed by atoms with E-state index in [-0.39, 0.29) is 0 Å². The number of nitrogens with one attached hydrogen (secondary N) is 1. The zero-order valence-corrected chi connectivity index (χ0v) is 12.2. The summed E-state index contributed by atoms with van der Waals surface area (Å²) in [6.07, 6.45) is 4.13. The van der Waals surface area contributed by atoms with Crippen molar-refractivity contribution < 1.29 is 0 Å². The maximum atomic E-state index is 3.60. The number of nitrogens with zero attached hydrogens (tertiary/aromatic N) is 3. The fourth-order valence-electron chi connectivity index (χ4n) is 2.47. The molecular formula is C14H30N4. The van der Waals surface area contributed by atoms with Gasteiger partial charge in [-0.3, -0.25) is 4.90 Å². The predicted molar refractivity (Wildman–Crippen MR) is 77.1 cm³/mol. The lowest BCUT2D eigenvalue weighted by Crippen LogP contribution is -2.48. The molecule has 1 aliphatic heterocycles. The molecule has 0 bridgehead atoms. The normalized spacial score (nSPS) is 22.8. The third-order valence-corrected chi connectivity index (χ3v) is 3.99. The van der Waals surface area contributed by atoms with E-state index in [1.54, 1.807) is 0 Å². The van der Waals surface area contributed by atoms with Crippen LogP contribution in [0.25, 0.3) is 0 Å². The zero-order chi connectivity index (χ0) is 12.8. The highest BCUT2D eigenvalue weighted by Gasteiger charge is 2.20. The molecule has 2 aliphatic rings. The molecule has 0 aromatic rings. The van der Waals surface area contributed by atoms with E-state index in [1.807, 2.05) is 0 Å². The molecule has 0 amide bonds. The molecule has 0 atom stereocenters. The second-order valence-corrected chi connectivity index (χ2v) is 6.07. The van der Waals surface area contributed by atoms with Crippen molar-refractivity contribution in [2.75, 3.05) is 66.5 Å². The predicted octanol–water partition coefficient (Wildman–Crippen LogP) is 0.308. The van der Waals surface area contributed by atoms with Crippen LogP contribution in [0.15, 0.2) is 0 Å². The Labute approximate surface area is 112 Å². The van der Waals surface area contributed by atoms with Crippen LogP contribution >= 0.6 is 0 Å². The van der Waals surface area contributed by atoms with Crippen molar-refractivity contribution in [3.63, 3.8) is 0 Å². The molecule has 1 heterocycles. The van der Waals surface area contributed by atoms with Gasteiger partial charge < -0.3 is 15.1 Å². The second kappa shape index (κ2) is 7.43. The number of likely N-dealkylation sites (N-methyl/N-ethyl adjacent to an activating group) is 1. The van der Waals surface area contributed by atoms with Crippen LogP contribution in [0.5, 0.6) is 0 Å². The molecule has 1 saturated heterocycles. The minimum absolute atomic E-state index is 0.868. The molecule has 2 fully saturated rings.